The minimum Gasteiger partial charge on any atom is -0.309 e. The number of hydrogen-bond donors (Lipinski definition) is 1. The van der Waals surface area contributed by atoms with Gasteiger partial charge in [-0.15, -0.1) is 0 Å². The topological polar surface area (TPSA) is 12.0 Å². The Hall–Kier alpha value is -0.300. The maximum atomic E-state index is 3.35. The molecule has 1 aliphatic heterocycles. The minimum atomic E-state index is 0.369. The molecule has 1 aliphatic rings. The molecule has 0 aromatic heterocycles. The summed E-state index contributed by atoms with van der Waals surface area (Å²) in [6.45, 7) is 11.2. The fourth-order valence-electron chi connectivity index (χ4n) is 1.54. The van der Waals surface area contributed by atoms with Gasteiger partial charge in [-0.2, -0.15) is 0 Å². The molecule has 10 heavy (non-hydrogen) atoms. The predicted octanol–water partition coefficient (Wildman–Crippen LogP) is 1.95. The first-order chi connectivity index (χ1) is 4.52. The molecule has 0 atom stereocenters. The van der Waals surface area contributed by atoms with Gasteiger partial charge in [-0.25, -0.2) is 0 Å². The van der Waals surface area contributed by atoms with E-state index < -0.39 is 0 Å². The zero-order valence-electron chi connectivity index (χ0n) is 7.41. The van der Waals surface area contributed by atoms with Crippen molar-refractivity contribution < 1.29 is 0 Å². The molecule has 1 heterocycles. The molecule has 1 heteroatoms. The number of nitrogens with one attached hydrogen (secondary N) is 1. The van der Waals surface area contributed by atoms with Crippen LogP contribution in [0.1, 0.15) is 27.7 Å². The van der Waals surface area contributed by atoms with Gasteiger partial charge in [-0.1, -0.05) is 31.9 Å². The van der Waals surface area contributed by atoms with E-state index in [9.17, 15) is 0 Å². The zero-order chi connectivity index (χ0) is 7.78. The van der Waals surface area contributed by atoms with Gasteiger partial charge in [0.1, 0.15) is 0 Å². The van der Waals surface area contributed by atoms with Crippen molar-refractivity contribution >= 4 is 0 Å². The Morgan fingerprint density at radius 3 is 2.00 bits per heavy atom. The third kappa shape index (κ3) is 1.40. The van der Waals surface area contributed by atoms with E-state index in [1.807, 2.05) is 0 Å². The Morgan fingerprint density at radius 2 is 1.80 bits per heavy atom. The third-order valence-corrected chi connectivity index (χ3v) is 2.11. The lowest BCUT2D eigenvalue weighted by molar-refractivity contribution is 0.492. The zero-order valence-corrected chi connectivity index (χ0v) is 7.41. The summed E-state index contributed by atoms with van der Waals surface area (Å²) < 4.78 is 0. The fraction of sp³-hybridized carbons (Fsp3) is 0.778. The summed E-state index contributed by atoms with van der Waals surface area (Å²) >= 11 is 0. The summed E-state index contributed by atoms with van der Waals surface area (Å²) in [4.78, 5) is 0. The van der Waals surface area contributed by atoms with E-state index in [0.29, 0.717) is 5.41 Å². The maximum absolute atomic E-state index is 3.35. The van der Waals surface area contributed by atoms with Gasteiger partial charge in [0.15, 0.2) is 0 Å². The van der Waals surface area contributed by atoms with Crippen molar-refractivity contribution in [3.8, 4) is 0 Å². The van der Waals surface area contributed by atoms with Gasteiger partial charge in [0.2, 0.25) is 0 Å². The van der Waals surface area contributed by atoms with Crippen LogP contribution in [-0.4, -0.2) is 13.1 Å². The largest absolute Gasteiger partial charge is 0.309 e. The lowest BCUT2D eigenvalue weighted by Crippen LogP contribution is -2.16. The highest BCUT2D eigenvalue weighted by Gasteiger charge is 2.21. The highest BCUT2D eigenvalue weighted by Crippen LogP contribution is 2.29. The van der Waals surface area contributed by atoms with Gasteiger partial charge in [-0.3, -0.25) is 0 Å². The second-order valence-corrected chi connectivity index (χ2v) is 4.11. The molecule has 58 valence electrons. The molecule has 0 aromatic rings. The molecule has 0 spiro atoms. The molecule has 0 unspecified atom stereocenters. The molecular weight excluding hydrogens is 122 g/mol. The average Bonchev–Trinajstić information content (AvgIpc) is 2.11. The van der Waals surface area contributed by atoms with Gasteiger partial charge < -0.3 is 5.32 Å². The Balaban J connectivity index is 2.81. The smallest absolute Gasteiger partial charge is 0.0176 e. The molecule has 1 N–H and O–H groups in total. The lowest BCUT2D eigenvalue weighted by Gasteiger charge is -2.20. The van der Waals surface area contributed by atoms with E-state index in [1.54, 1.807) is 5.57 Å². The van der Waals surface area contributed by atoms with Crippen LogP contribution >= 0.6 is 0 Å². The first kappa shape index (κ1) is 7.80. The van der Waals surface area contributed by atoms with Crippen LogP contribution in [0.3, 0.4) is 0 Å². The molecule has 0 saturated carbocycles. The summed E-state index contributed by atoms with van der Waals surface area (Å²) in [5.41, 5.74) is 3.49. The summed E-state index contributed by atoms with van der Waals surface area (Å²) in [5, 5.41) is 3.35. The molecule has 1 rings (SSSR count). The monoisotopic (exact) mass is 139 g/mol. The molecule has 1 nitrogen and oxygen atoms in total. The molecule has 0 saturated heterocycles. The second kappa shape index (κ2) is 2.39. The highest BCUT2D eigenvalue weighted by atomic mass is 14.9. The Bertz CT molecular complexity index is 160. The summed E-state index contributed by atoms with van der Waals surface area (Å²) in [5.74, 6) is 0. The van der Waals surface area contributed by atoms with Crippen molar-refractivity contribution in [2.75, 3.05) is 13.1 Å². The van der Waals surface area contributed by atoms with Gasteiger partial charge >= 0.3 is 0 Å². The molecule has 0 aromatic carbocycles. The number of hydrogen-bond acceptors (Lipinski definition) is 1. The van der Waals surface area contributed by atoms with Crippen LogP contribution in [-0.2, 0) is 0 Å². The SMILES string of the molecule is CC1=C(C(C)(C)C)CNC1. The summed E-state index contributed by atoms with van der Waals surface area (Å²) in [7, 11) is 0. The van der Waals surface area contributed by atoms with Crippen molar-refractivity contribution in [2.45, 2.75) is 27.7 Å². The fourth-order valence-corrected chi connectivity index (χ4v) is 1.54. The van der Waals surface area contributed by atoms with Crippen molar-refractivity contribution in [1.82, 2.24) is 5.32 Å². The van der Waals surface area contributed by atoms with Crippen molar-refractivity contribution in [3.05, 3.63) is 11.1 Å². The van der Waals surface area contributed by atoms with Crippen LogP contribution in [0.5, 0.6) is 0 Å². The quantitative estimate of drug-likeness (QED) is 0.506. The third-order valence-electron chi connectivity index (χ3n) is 2.11. The molecule has 0 fully saturated rings. The Labute approximate surface area is 63.5 Å². The summed E-state index contributed by atoms with van der Waals surface area (Å²) in [6, 6.07) is 0. The summed E-state index contributed by atoms with van der Waals surface area (Å²) in [6.07, 6.45) is 0. The van der Waals surface area contributed by atoms with E-state index in [4.69, 9.17) is 0 Å². The van der Waals surface area contributed by atoms with Gasteiger partial charge in [0, 0.05) is 13.1 Å². The van der Waals surface area contributed by atoms with Crippen molar-refractivity contribution in [1.29, 1.82) is 0 Å². The van der Waals surface area contributed by atoms with Crippen LogP contribution in [0.4, 0.5) is 0 Å². The minimum absolute atomic E-state index is 0.369. The second-order valence-electron chi connectivity index (χ2n) is 4.11. The van der Waals surface area contributed by atoms with E-state index in [-0.39, 0.29) is 0 Å². The average molecular weight is 139 g/mol. The van der Waals surface area contributed by atoms with Gasteiger partial charge in [0.25, 0.3) is 0 Å². The first-order valence-corrected chi connectivity index (χ1v) is 3.91. The van der Waals surface area contributed by atoms with Crippen LogP contribution in [0.2, 0.25) is 0 Å². The normalized spacial score (nSPS) is 20.4. The standard InChI is InChI=1S/C9H17N/c1-7-5-10-6-8(7)9(2,3)4/h10H,5-6H2,1-4H3. The Kier molecular flexibility index (Phi) is 1.86. The molecule has 0 amide bonds. The van der Waals surface area contributed by atoms with E-state index in [1.165, 1.54) is 5.57 Å². The predicted molar refractivity (Wildman–Crippen MR) is 45.0 cm³/mol. The van der Waals surface area contributed by atoms with Crippen molar-refractivity contribution in [2.24, 2.45) is 5.41 Å². The molecule has 0 radical (unpaired) electrons. The van der Waals surface area contributed by atoms with E-state index in [2.05, 4.69) is 33.0 Å². The van der Waals surface area contributed by atoms with Gasteiger partial charge in [-0.05, 0) is 12.3 Å². The Morgan fingerprint density at radius 1 is 1.20 bits per heavy atom. The molecular formula is C9H17N. The van der Waals surface area contributed by atoms with Gasteiger partial charge in [0.05, 0.1) is 0 Å². The van der Waals surface area contributed by atoms with Crippen LogP contribution < -0.4 is 5.32 Å². The van der Waals surface area contributed by atoms with Crippen LogP contribution in [0, 0.1) is 5.41 Å². The molecule has 0 aliphatic carbocycles. The van der Waals surface area contributed by atoms with Crippen molar-refractivity contribution in [3.63, 3.8) is 0 Å². The maximum Gasteiger partial charge on any atom is 0.0176 e. The lowest BCUT2D eigenvalue weighted by atomic mass is 9.85. The number of rotatable bonds is 0. The first-order valence-electron chi connectivity index (χ1n) is 3.91. The van der Waals surface area contributed by atoms with Crippen LogP contribution in [0.15, 0.2) is 11.1 Å². The van der Waals surface area contributed by atoms with E-state index in [0.717, 1.165) is 13.1 Å². The van der Waals surface area contributed by atoms with E-state index >= 15 is 0 Å². The molecule has 0 bridgehead atoms. The highest BCUT2D eigenvalue weighted by molar-refractivity contribution is 5.25. The van der Waals surface area contributed by atoms with Crippen LogP contribution in [0.25, 0.3) is 0 Å².